The average molecular weight is 252 g/mol. The fourth-order valence-corrected chi connectivity index (χ4v) is 1.84. The van der Waals surface area contributed by atoms with Gasteiger partial charge in [-0.25, -0.2) is 4.79 Å². The minimum absolute atomic E-state index is 0.0865. The number of aryl methyl sites for hydroxylation is 1. The Morgan fingerprint density at radius 2 is 2.28 bits per heavy atom. The Morgan fingerprint density at radius 1 is 1.56 bits per heavy atom. The highest BCUT2D eigenvalue weighted by molar-refractivity contribution is 6.00. The molecule has 2 N–H and O–H groups in total. The van der Waals surface area contributed by atoms with Crippen molar-refractivity contribution in [3.8, 4) is 0 Å². The van der Waals surface area contributed by atoms with Crippen molar-refractivity contribution in [2.45, 2.75) is 13.0 Å². The maximum Gasteiger partial charge on any atom is 0.328 e. The maximum absolute atomic E-state index is 12.2. The van der Waals surface area contributed by atoms with Crippen molar-refractivity contribution in [2.24, 2.45) is 0 Å². The van der Waals surface area contributed by atoms with Gasteiger partial charge in [0, 0.05) is 6.54 Å². The maximum atomic E-state index is 12.2. The summed E-state index contributed by atoms with van der Waals surface area (Å²) in [6.45, 7) is 1.25. The van der Waals surface area contributed by atoms with E-state index in [1.807, 2.05) is 0 Å². The van der Waals surface area contributed by atoms with E-state index in [-0.39, 0.29) is 24.6 Å². The number of piperazine rings is 1. The van der Waals surface area contributed by atoms with E-state index in [0.717, 1.165) is 4.90 Å². The summed E-state index contributed by atoms with van der Waals surface area (Å²) < 4.78 is 5.00. The zero-order valence-electron chi connectivity index (χ0n) is 9.67. The number of carboxylic acid groups (broad SMARTS) is 1. The summed E-state index contributed by atoms with van der Waals surface area (Å²) in [4.78, 5) is 35.5. The molecule has 0 bridgehead atoms. The monoisotopic (exact) mass is 252 g/mol. The number of furan rings is 1. The van der Waals surface area contributed by atoms with Crippen LogP contribution < -0.4 is 5.32 Å². The summed E-state index contributed by atoms with van der Waals surface area (Å²) in [6.07, 6.45) is 1.35. The van der Waals surface area contributed by atoms with Gasteiger partial charge in [0.2, 0.25) is 5.91 Å². The number of nitrogens with zero attached hydrogens (tertiary/aromatic N) is 1. The largest absolute Gasteiger partial charge is 0.480 e. The lowest BCUT2D eigenvalue weighted by molar-refractivity contribution is -0.144. The van der Waals surface area contributed by atoms with E-state index in [2.05, 4.69) is 5.32 Å². The van der Waals surface area contributed by atoms with Crippen LogP contribution in [0.4, 0.5) is 0 Å². The third kappa shape index (κ3) is 2.06. The fraction of sp³-hybridized carbons (Fsp3) is 0.364. The van der Waals surface area contributed by atoms with Crippen molar-refractivity contribution in [3.63, 3.8) is 0 Å². The zero-order valence-corrected chi connectivity index (χ0v) is 9.67. The fourth-order valence-electron chi connectivity index (χ4n) is 1.84. The normalized spacial score (nSPS) is 19.5. The Labute approximate surface area is 102 Å². The summed E-state index contributed by atoms with van der Waals surface area (Å²) in [6, 6.07) is 0.410. The molecule has 0 aliphatic carbocycles. The summed E-state index contributed by atoms with van der Waals surface area (Å²) in [5.41, 5.74) is 0.274. The predicted molar refractivity (Wildman–Crippen MR) is 58.9 cm³/mol. The van der Waals surface area contributed by atoms with Crippen LogP contribution >= 0.6 is 0 Å². The molecule has 96 valence electrons. The second-order valence-corrected chi connectivity index (χ2v) is 3.98. The molecule has 1 saturated heterocycles. The molecule has 0 radical (unpaired) electrons. The van der Waals surface area contributed by atoms with Gasteiger partial charge in [0.1, 0.15) is 18.3 Å². The van der Waals surface area contributed by atoms with E-state index in [1.54, 1.807) is 6.92 Å². The number of carbonyl (C=O) groups excluding carboxylic acids is 2. The lowest BCUT2D eigenvalue weighted by Gasteiger charge is -2.32. The van der Waals surface area contributed by atoms with Crippen LogP contribution in [-0.4, -0.2) is 46.9 Å². The molecule has 7 heteroatoms. The van der Waals surface area contributed by atoms with Gasteiger partial charge in [0.15, 0.2) is 0 Å². The van der Waals surface area contributed by atoms with E-state index in [0.29, 0.717) is 5.76 Å². The van der Waals surface area contributed by atoms with Crippen LogP contribution in [0.5, 0.6) is 0 Å². The Kier molecular flexibility index (Phi) is 3.05. The van der Waals surface area contributed by atoms with Gasteiger partial charge < -0.3 is 19.7 Å². The summed E-state index contributed by atoms with van der Waals surface area (Å²) in [7, 11) is 0. The van der Waals surface area contributed by atoms with Crippen molar-refractivity contribution < 1.29 is 23.9 Å². The number of hydrogen-bond donors (Lipinski definition) is 2. The molecule has 2 amide bonds. The van der Waals surface area contributed by atoms with Gasteiger partial charge in [-0.15, -0.1) is 0 Å². The first kappa shape index (κ1) is 12.2. The van der Waals surface area contributed by atoms with Crippen LogP contribution in [0.1, 0.15) is 16.1 Å². The van der Waals surface area contributed by atoms with Crippen molar-refractivity contribution >= 4 is 17.8 Å². The molecule has 0 saturated carbocycles. The van der Waals surface area contributed by atoms with E-state index in [1.165, 1.54) is 12.3 Å². The number of nitrogens with one attached hydrogen (secondary N) is 1. The van der Waals surface area contributed by atoms with Crippen molar-refractivity contribution in [2.75, 3.05) is 13.1 Å². The number of rotatable bonds is 2. The van der Waals surface area contributed by atoms with Crippen molar-refractivity contribution in [3.05, 3.63) is 23.7 Å². The van der Waals surface area contributed by atoms with Crippen LogP contribution in [0.2, 0.25) is 0 Å². The smallest absolute Gasteiger partial charge is 0.328 e. The first-order valence-corrected chi connectivity index (χ1v) is 5.35. The molecule has 1 aliphatic rings. The molecular formula is C11H12N2O5. The van der Waals surface area contributed by atoms with Gasteiger partial charge in [0.25, 0.3) is 5.91 Å². The van der Waals surface area contributed by atoms with Crippen LogP contribution in [0, 0.1) is 6.92 Å². The second kappa shape index (κ2) is 4.52. The van der Waals surface area contributed by atoms with E-state index >= 15 is 0 Å². The Bertz CT molecular complexity index is 507. The van der Waals surface area contributed by atoms with Gasteiger partial charge in [-0.3, -0.25) is 9.59 Å². The van der Waals surface area contributed by atoms with Gasteiger partial charge in [-0.1, -0.05) is 0 Å². The molecule has 1 fully saturated rings. The average Bonchev–Trinajstić information content (AvgIpc) is 2.74. The Balaban J connectivity index is 2.28. The van der Waals surface area contributed by atoms with E-state index < -0.39 is 17.9 Å². The van der Waals surface area contributed by atoms with Gasteiger partial charge >= 0.3 is 5.97 Å². The molecule has 1 aliphatic heterocycles. The lowest BCUT2D eigenvalue weighted by atomic mass is 10.1. The number of carboxylic acids is 1. The Morgan fingerprint density at radius 3 is 2.83 bits per heavy atom. The van der Waals surface area contributed by atoms with Crippen LogP contribution in [0.3, 0.4) is 0 Å². The van der Waals surface area contributed by atoms with E-state index in [9.17, 15) is 14.4 Å². The number of hydrogen-bond acceptors (Lipinski definition) is 4. The quantitative estimate of drug-likeness (QED) is 0.747. The number of carbonyl (C=O) groups is 3. The highest BCUT2D eigenvalue weighted by Gasteiger charge is 2.36. The molecule has 2 heterocycles. The Hall–Kier alpha value is -2.31. The van der Waals surface area contributed by atoms with Gasteiger partial charge in [-0.05, 0) is 13.0 Å². The SMILES string of the molecule is Cc1occc1C(=O)N1CC(=O)NCC1C(=O)O. The molecule has 18 heavy (non-hydrogen) atoms. The third-order valence-corrected chi connectivity index (χ3v) is 2.82. The number of aliphatic carboxylic acids is 1. The first-order chi connectivity index (χ1) is 8.50. The third-order valence-electron chi connectivity index (χ3n) is 2.82. The molecule has 2 rings (SSSR count). The zero-order chi connectivity index (χ0) is 13.3. The molecule has 1 atom stereocenters. The molecule has 1 aromatic rings. The minimum Gasteiger partial charge on any atom is -0.480 e. The van der Waals surface area contributed by atoms with Crippen LogP contribution in [-0.2, 0) is 9.59 Å². The van der Waals surface area contributed by atoms with E-state index in [4.69, 9.17) is 9.52 Å². The molecule has 1 aromatic heterocycles. The van der Waals surface area contributed by atoms with Crippen LogP contribution in [0.15, 0.2) is 16.7 Å². The standard InChI is InChI=1S/C11H12N2O5/c1-6-7(2-3-18-6)10(15)13-5-9(14)12-4-8(13)11(16)17/h2-3,8H,4-5H2,1H3,(H,12,14)(H,16,17). The van der Waals surface area contributed by atoms with Crippen molar-refractivity contribution in [1.29, 1.82) is 0 Å². The first-order valence-electron chi connectivity index (χ1n) is 5.35. The lowest BCUT2D eigenvalue weighted by Crippen LogP contribution is -2.59. The topological polar surface area (TPSA) is 99.9 Å². The van der Waals surface area contributed by atoms with Crippen LogP contribution in [0.25, 0.3) is 0 Å². The minimum atomic E-state index is -1.15. The molecule has 1 unspecified atom stereocenters. The summed E-state index contributed by atoms with van der Waals surface area (Å²) in [5, 5.41) is 11.5. The number of amides is 2. The molecule has 0 aromatic carbocycles. The highest BCUT2D eigenvalue weighted by Crippen LogP contribution is 2.15. The molecule has 7 nitrogen and oxygen atoms in total. The second-order valence-electron chi connectivity index (χ2n) is 3.98. The van der Waals surface area contributed by atoms with Gasteiger partial charge in [0.05, 0.1) is 11.8 Å². The molecular weight excluding hydrogens is 240 g/mol. The predicted octanol–water partition coefficient (Wildman–Crippen LogP) is -0.387. The van der Waals surface area contributed by atoms with Gasteiger partial charge in [-0.2, -0.15) is 0 Å². The van der Waals surface area contributed by atoms with Crippen molar-refractivity contribution in [1.82, 2.24) is 10.2 Å². The highest BCUT2D eigenvalue weighted by atomic mass is 16.4. The summed E-state index contributed by atoms with van der Waals surface area (Å²) in [5.74, 6) is -1.63. The summed E-state index contributed by atoms with van der Waals surface area (Å²) >= 11 is 0. The molecule has 0 spiro atoms.